The molecule has 1 saturated carbocycles. The zero-order valence-electron chi connectivity index (χ0n) is 7.35. The number of carbonyl (C=O) groups excluding carboxylic acids is 1. The summed E-state index contributed by atoms with van der Waals surface area (Å²) in [5.74, 6) is 2.55. The Morgan fingerprint density at radius 3 is 2.58 bits per heavy atom. The Morgan fingerprint density at radius 2 is 2.17 bits per heavy atom. The Labute approximate surface area is 77.2 Å². The molecule has 0 aliphatic heterocycles. The lowest BCUT2D eigenvalue weighted by Gasteiger charge is -1.98. The van der Waals surface area contributed by atoms with Crippen LogP contribution in [-0.4, -0.2) is 13.1 Å². The van der Waals surface area contributed by atoms with Gasteiger partial charge in [-0.15, -0.1) is 0 Å². The molecule has 3 heteroatoms. The number of carbonyl (C=O) groups is 1. The lowest BCUT2D eigenvalue weighted by molar-refractivity contribution is -0.143. The number of halogens is 1. The smallest absolute Gasteiger partial charge is 0.310 e. The van der Waals surface area contributed by atoms with Crippen molar-refractivity contribution in [3.8, 4) is 11.3 Å². The molecule has 0 spiro atoms. The first-order valence-corrected chi connectivity index (χ1v) is 4.12. The molecule has 0 aromatic heterocycles. The van der Waals surface area contributed by atoms with Gasteiger partial charge in [0.05, 0.1) is 13.0 Å². The summed E-state index contributed by atoms with van der Waals surface area (Å²) in [5.41, 5.74) is -0.0744. The first-order valence-electron chi connectivity index (χ1n) is 3.74. The van der Waals surface area contributed by atoms with Crippen molar-refractivity contribution in [1.29, 1.82) is 0 Å². The van der Waals surface area contributed by atoms with Crippen LogP contribution in [0.25, 0.3) is 0 Å². The Kier molecular flexibility index (Phi) is 2.34. The zero-order chi connectivity index (χ0) is 9.35. The van der Waals surface area contributed by atoms with Crippen LogP contribution in [-0.2, 0) is 9.53 Å². The van der Waals surface area contributed by atoms with E-state index in [4.69, 9.17) is 11.6 Å². The van der Waals surface area contributed by atoms with E-state index in [1.807, 2.05) is 13.8 Å². The van der Waals surface area contributed by atoms with Gasteiger partial charge in [-0.05, 0) is 17.0 Å². The molecule has 2 atom stereocenters. The van der Waals surface area contributed by atoms with E-state index in [-0.39, 0.29) is 23.2 Å². The van der Waals surface area contributed by atoms with E-state index in [0.717, 1.165) is 0 Å². The first-order chi connectivity index (χ1) is 5.55. The van der Waals surface area contributed by atoms with Gasteiger partial charge in [-0.1, -0.05) is 19.8 Å². The van der Waals surface area contributed by atoms with Gasteiger partial charge in [-0.2, -0.15) is 0 Å². The van der Waals surface area contributed by atoms with Crippen LogP contribution in [0.4, 0.5) is 0 Å². The summed E-state index contributed by atoms with van der Waals surface area (Å²) in [4.78, 5) is 11.1. The van der Waals surface area contributed by atoms with Gasteiger partial charge in [0.2, 0.25) is 0 Å². The summed E-state index contributed by atoms with van der Waals surface area (Å²) >= 11 is 5.26. The van der Waals surface area contributed by atoms with Gasteiger partial charge in [-0.25, -0.2) is 0 Å². The lowest BCUT2D eigenvalue weighted by atomic mass is 10.1. The predicted molar refractivity (Wildman–Crippen MR) is 46.4 cm³/mol. The number of hydrogen-bond donors (Lipinski definition) is 0. The van der Waals surface area contributed by atoms with Crippen molar-refractivity contribution < 1.29 is 9.53 Å². The first kappa shape index (κ1) is 9.41. The molecular weight excluding hydrogens is 176 g/mol. The number of ether oxygens (including phenoxy) is 1. The molecule has 1 rings (SSSR count). The van der Waals surface area contributed by atoms with Gasteiger partial charge in [0.1, 0.15) is 0 Å². The fourth-order valence-corrected chi connectivity index (χ4v) is 1.65. The molecule has 0 heterocycles. The lowest BCUT2D eigenvalue weighted by Crippen LogP contribution is -2.07. The molecule has 0 N–H and O–H groups in total. The van der Waals surface area contributed by atoms with E-state index in [1.165, 1.54) is 7.11 Å². The van der Waals surface area contributed by atoms with Gasteiger partial charge < -0.3 is 4.74 Å². The largest absolute Gasteiger partial charge is 0.469 e. The van der Waals surface area contributed by atoms with Crippen molar-refractivity contribution in [3.63, 3.8) is 0 Å². The van der Waals surface area contributed by atoms with Crippen molar-refractivity contribution in [2.75, 3.05) is 7.11 Å². The Bertz CT molecular complexity index is 259. The van der Waals surface area contributed by atoms with E-state index >= 15 is 0 Å². The maximum atomic E-state index is 11.1. The van der Waals surface area contributed by atoms with Crippen LogP contribution < -0.4 is 0 Å². The standard InChI is InChI=1S/C9H11ClO2/c1-9(2)6(4-5-10)7(9)8(11)12-3/h6-7H,1-3H3. The molecule has 0 bridgehead atoms. The van der Waals surface area contributed by atoms with Crippen LogP contribution in [0.15, 0.2) is 0 Å². The molecular formula is C9H11ClO2. The minimum Gasteiger partial charge on any atom is -0.469 e. The van der Waals surface area contributed by atoms with Crippen LogP contribution in [0, 0.1) is 28.6 Å². The SMILES string of the molecule is COC(=O)C1C(C#CCl)C1(C)C. The Balaban J connectivity index is 2.70. The quantitative estimate of drug-likeness (QED) is 0.460. The molecule has 0 aromatic carbocycles. The fourth-order valence-electron chi connectivity index (χ4n) is 1.53. The van der Waals surface area contributed by atoms with Crippen molar-refractivity contribution >= 4 is 17.6 Å². The summed E-state index contributed by atoms with van der Waals surface area (Å²) < 4.78 is 4.64. The summed E-state index contributed by atoms with van der Waals surface area (Å²) in [7, 11) is 1.39. The van der Waals surface area contributed by atoms with Crippen LogP contribution in [0.5, 0.6) is 0 Å². The second-order valence-electron chi connectivity index (χ2n) is 3.54. The number of esters is 1. The third kappa shape index (κ3) is 1.30. The number of hydrogen-bond acceptors (Lipinski definition) is 2. The molecule has 1 aliphatic rings. The molecule has 0 saturated heterocycles. The molecule has 1 fully saturated rings. The van der Waals surface area contributed by atoms with E-state index in [0.29, 0.717) is 0 Å². The summed E-state index contributed by atoms with van der Waals surface area (Å²) in [6.07, 6.45) is 0. The Morgan fingerprint density at radius 1 is 1.58 bits per heavy atom. The number of methoxy groups -OCH3 is 1. The molecule has 66 valence electrons. The van der Waals surface area contributed by atoms with E-state index in [9.17, 15) is 4.79 Å². The minimum absolute atomic E-state index is 0.0578. The maximum Gasteiger partial charge on any atom is 0.310 e. The van der Waals surface area contributed by atoms with Gasteiger partial charge in [0.25, 0.3) is 0 Å². The monoisotopic (exact) mass is 186 g/mol. The highest BCUT2D eigenvalue weighted by molar-refractivity contribution is 6.30. The highest BCUT2D eigenvalue weighted by Gasteiger charge is 2.62. The normalized spacial score (nSPS) is 30.0. The number of rotatable bonds is 1. The van der Waals surface area contributed by atoms with Crippen LogP contribution in [0.3, 0.4) is 0 Å². The third-order valence-corrected chi connectivity index (χ3v) is 2.60. The van der Waals surface area contributed by atoms with Crippen molar-refractivity contribution in [2.24, 2.45) is 17.3 Å². The highest BCUT2D eigenvalue weighted by Crippen LogP contribution is 2.58. The molecule has 2 unspecified atom stereocenters. The predicted octanol–water partition coefficient (Wildman–Crippen LogP) is 1.63. The van der Waals surface area contributed by atoms with Crippen LogP contribution in [0.1, 0.15) is 13.8 Å². The van der Waals surface area contributed by atoms with Crippen LogP contribution >= 0.6 is 11.6 Å². The summed E-state index contributed by atoms with van der Waals surface area (Å²) in [5, 5.41) is 2.31. The molecule has 0 amide bonds. The molecule has 0 aromatic rings. The molecule has 0 radical (unpaired) electrons. The molecule has 1 aliphatic carbocycles. The van der Waals surface area contributed by atoms with Gasteiger partial charge in [-0.3, -0.25) is 4.79 Å². The van der Waals surface area contributed by atoms with Gasteiger partial charge in [0.15, 0.2) is 0 Å². The van der Waals surface area contributed by atoms with Gasteiger partial charge in [0, 0.05) is 11.3 Å². The minimum atomic E-state index is -0.190. The maximum absolute atomic E-state index is 11.1. The second-order valence-corrected chi connectivity index (χ2v) is 3.73. The summed E-state index contributed by atoms with van der Waals surface area (Å²) in [6, 6.07) is 0. The highest BCUT2D eigenvalue weighted by atomic mass is 35.5. The zero-order valence-corrected chi connectivity index (χ0v) is 8.11. The van der Waals surface area contributed by atoms with Crippen molar-refractivity contribution in [2.45, 2.75) is 13.8 Å². The van der Waals surface area contributed by atoms with E-state index in [1.54, 1.807) is 0 Å². The average Bonchev–Trinajstić information content (AvgIpc) is 2.53. The van der Waals surface area contributed by atoms with E-state index in [2.05, 4.69) is 16.0 Å². The second kappa shape index (κ2) is 2.99. The third-order valence-electron chi connectivity index (χ3n) is 2.49. The topological polar surface area (TPSA) is 26.3 Å². The fraction of sp³-hybridized carbons (Fsp3) is 0.667. The van der Waals surface area contributed by atoms with Crippen molar-refractivity contribution in [3.05, 3.63) is 0 Å². The van der Waals surface area contributed by atoms with Crippen LogP contribution in [0.2, 0.25) is 0 Å². The van der Waals surface area contributed by atoms with Crippen molar-refractivity contribution in [1.82, 2.24) is 0 Å². The van der Waals surface area contributed by atoms with E-state index < -0.39 is 0 Å². The average molecular weight is 187 g/mol. The molecule has 2 nitrogen and oxygen atoms in total. The Hall–Kier alpha value is -0.680. The molecule has 12 heavy (non-hydrogen) atoms. The van der Waals surface area contributed by atoms with Gasteiger partial charge >= 0.3 is 5.97 Å². The summed E-state index contributed by atoms with van der Waals surface area (Å²) in [6.45, 7) is 3.97.